The highest BCUT2D eigenvalue weighted by Crippen LogP contribution is 2.37. The molecule has 1 unspecified atom stereocenters. The second kappa shape index (κ2) is 9.98. The summed E-state index contributed by atoms with van der Waals surface area (Å²) in [6.45, 7) is 2.61. The Balaban J connectivity index is 1.34. The van der Waals surface area contributed by atoms with Crippen LogP contribution < -0.4 is 0 Å². The first-order chi connectivity index (χ1) is 17.0. The average Bonchev–Trinajstić information content (AvgIpc) is 3.72. The van der Waals surface area contributed by atoms with Crippen LogP contribution in [0.5, 0.6) is 0 Å². The highest BCUT2D eigenvalue weighted by molar-refractivity contribution is 5.72. The molecule has 1 saturated heterocycles. The summed E-state index contributed by atoms with van der Waals surface area (Å²) in [4.78, 5) is 0. The molecule has 0 N–H and O–H groups in total. The maximum absolute atomic E-state index is 14.9. The van der Waals surface area contributed by atoms with Crippen molar-refractivity contribution >= 4 is 6.08 Å². The Morgan fingerprint density at radius 1 is 0.743 bits per heavy atom. The number of ether oxygens (including phenoxy) is 1. The van der Waals surface area contributed by atoms with Gasteiger partial charge in [0, 0.05) is 22.3 Å². The van der Waals surface area contributed by atoms with Crippen LogP contribution in [0.1, 0.15) is 56.3 Å². The molecule has 3 aromatic carbocycles. The van der Waals surface area contributed by atoms with Gasteiger partial charge >= 0.3 is 0 Å². The summed E-state index contributed by atoms with van der Waals surface area (Å²) in [6, 6.07) is 12.5. The zero-order valence-corrected chi connectivity index (χ0v) is 19.7. The van der Waals surface area contributed by atoms with Crippen molar-refractivity contribution in [2.75, 3.05) is 6.61 Å². The minimum Gasteiger partial charge on any atom is -0.368 e. The van der Waals surface area contributed by atoms with E-state index in [1.54, 1.807) is 42.5 Å². The normalized spacial score (nSPS) is 22.0. The zero-order chi connectivity index (χ0) is 24.5. The largest absolute Gasteiger partial charge is 0.368 e. The molecule has 2 fully saturated rings. The molecule has 3 aromatic rings. The maximum Gasteiger partial charge on any atom is 0.167 e. The van der Waals surface area contributed by atoms with Gasteiger partial charge in [-0.2, -0.15) is 0 Å². The molecule has 1 heterocycles. The van der Waals surface area contributed by atoms with E-state index in [9.17, 15) is 17.6 Å². The number of allylic oxidation sites excluding steroid dienone is 1. The molecule has 5 heteroatoms. The first kappa shape index (κ1) is 23.8. The SMILES string of the molecule is CCC1CCC(/C=C/c2ccc(-c3ccc(-c4ccc(C5CO5)c(F)c4F)cc3)c(F)c2F)CC1. The van der Waals surface area contributed by atoms with E-state index in [0.29, 0.717) is 23.7 Å². The topological polar surface area (TPSA) is 12.5 Å². The van der Waals surface area contributed by atoms with Gasteiger partial charge in [-0.3, -0.25) is 0 Å². The van der Waals surface area contributed by atoms with Gasteiger partial charge in [0.05, 0.1) is 6.61 Å². The van der Waals surface area contributed by atoms with Crippen LogP contribution in [-0.2, 0) is 4.74 Å². The van der Waals surface area contributed by atoms with Gasteiger partial charge in [-0.15, -0.1) is 0 Å². The van der Waals surface area contributed by atoms with Crippen molar-refractivity contribution in [1.29, 1.82) is 0 Å². The summed E-state index contributed by atoms with van der Waals surface area (Å²) >= 11 is 0. The number of hydrogen-bond donors (Lipinski definition) is 0. The van der Waals surface area contributed by atoms with Gasteiger partial charge in [0.2, 0.25) is 0 Å². The molecule has 35 heavy (non-hydrogen) atoms. The molecular formula is C30H28F4O. The molecule has 5 rings (SSSR count). The summed E-state index contributed by atoms with van der Waals surface area (Å²) in [6.07, 6.45) is 9.07. The first-order valence-corrected chi connectivity index (χ1v) is 12.3. The number of halogens is 4. The van der Waals surface area contributed by atoms with Crippen molar-refractivity contribution in [2.45, 2.75) is 45.1 Å². The Kier molecular flexibility index (Phi) is 6.79. The molecule has 1 atom stereocenters. The van der Waals surface area contributed by atoms with E-state index in [1.165, 1.54) is 31.4 Å². The van der Waals surface area contributed by atoms with Crippen LogP contribution in [-0.4, -0.2) is 6.61 Å². The summed E-state index contributed by atoms with van der Waals surface area (Å²) in [5, 5.41) is 0. The minimum atomic E-state index is -0.942. The van der Waals surface area contributed by atoms with E-state index in [2.05, 4.69) is 6.92 Å². The number of hydrogen-bond acceptors (Lipinski definition) is 1. The molecule has 1 aliphatic carbocycles. The Bertz CT molecular complexity index is 1240. The number of epoxide rings is 1. The Labute approximate surface area is 203 Å². The number of benzene rings is 3. The Morgan fingerprint density at radius 3 is 1.89 bits per heavy atom. The van der Waals surface area contributed by atoms with Gasteiger partial charge < -0.3 is 4.74 Å². The van der Waals surface area contributed by atoms with Crippen molar-refractivity contribution in [3.63, 3.8) is 0 Å². The Morgan fingerprint density at radius 2 is 1.31 bits per heavy atom. The molecule has 0 aromatic heterocycles. The van der Waals surface area contributed by atoms with Crippen LogP contribution >= 0.6 is 0 Å². The second-order valence-corrected chi connectivity index (χ2v) is 9.61. The highest BCUT2D eigenvalue weighted by Gasteiger charge is 2.30. The third-order valence-corrected chi connectivity index (χ3v) is 7.43. The van der Waals surface area contributed by atoms with Gasteiger partial charge in [0.25, 0.3) is 0 Å². The van der Waals surface area contributed by atoms with Crippen LogP contribution in [0.4, 0.5) is 17.6 Å². The highest BCUT2D eigenvalue weighted by atomic mass is 19.2. The lowest BCUT2D eigenvalue weighted by Crippen LogP contribution is -2.12. The van der Waals surface area contributed by atoms with Crippen molar-refractivity contribution in [2.24, 2.45) is 11.8 Å². The van der Waals surface area contributed by atoms with Crippen molar-refractivity contribution in [3.8, 4) is 22.3 Å². The standard InChI is InChI=1S/C30H28F4O/c1-2-18-3-5-19(6-4-18)7-8-22-13-14-23(28(32)27(22)31)20-9-11-21(12-10-20)24-15-16-25(26-17-35-26)30(34)29(24)33/h7-16,18-19,26H,2-6,17H2,1H3/b8-7+. The monoisotopic (exact) mass is 480 g/mol. The molecular weight excluding hydrogens is 452 g/mol. The van der Waals surface area contributed by atoms with E-state index >= 15 is 0 Å². The van der Waals surface area contributed by atoms with E-state index < -0.39 is 23.3 Å². The zero-order valence-electron chi connectivity index (χ0n) is 19.7. The van der Waals surface area contributed by atoms with Gasteiger partial charge in [-0.05, 0) is 48.6 Å². The molecule has 0 radical (unpaired) electrons. The van der Waals surface area contributed by atoms with Gasteiger partial charge in [0.15, 0.2) is 23.3 Å². The lowest BCUT2D eigenvalue weighted by atomic mass is 9.80. The van der Waals surface area contributed by atoms with Crippen LogP contribution in [0.25, 0.3) is 28.3 Å². The van der Waals surface area contributed by atoms with E-state index in [0.717, 1.165) is 18.8 Å². The quantitative estimate of drug-likeness (QED) is 0.254. The second-order valence-electron chi connectivity index (χ2n) is 9.61. The lowest BCUT2D eigenvalue weighted by molar-refractivity contribution is 0.304. The van der Waals surface area contributed by atoms with Gasteiger partial charge in [-0.25, -0.2) is 17.6 Å². The fourth-order valence-corrected chi connectivity index (χ4v) is 5.04. The molecule has 2 aliphatic rings. The molecule has 1 nitrogen and oxygen atoms in total. The number of rotatable bonds is 6. The summed E-state index contributed by atoms with van der Waals surface area (Å²) < 4.78 is 63.8. The average molecular weight is 481 g/mol. The molecule has 1 aliphatic heterocycles. The van der Waals surface area contributed by atoms with Crippen LogP contribution in [0.2, 0.25) is 0 Å². The van der Waals surface area contributed by atoms with Crippen molar-refractivity contribution in [1.82, 2.24) is 0 Å². The fraction of sp³-hybridized carbons (Fsp3) is 0.333. The summed E-state index contributed by atoms with van der Waals surface area (Å²) in [7, 11) is 0. The summed E-state index contributed by atoms with van der Waals surface area (Å²) in [5.41, 5.74) is 1.59. The Hall–Kier alpha value is -2.92. The summed E-state index contributed by atoms with van der Waals surface area (Å²) in [5.74, 6) is -2.46. The van der Waals surface area contributed by atoms with Crippen LogP contribution in [0.15, 0.2) is 54.6 Å². The van der Waals surface area contributed by atoms with Crippen molar-refractivity contribution < 1.29 is 22.3 Å². The molecule has 182 valence electrons. The van der Waals surface area contributed by atoms with E-state index in [1.807, 2.05) is 6.08 Å². The third kappa shape index (κ3) is 4.92. The molecule has 0 bridgehead atoms. The lowest BCUT2D eigenvalue weighted by Gasteiger charge is -2.25. The van der Waals surface area contributed by atoms with Gasteiger partial charge in [-0.1, -0.05) is 74.0 Å². The third-order valence-electron chi connectivity index (χ3n) is 7.43. The fourth-order valence-electron chi connectivity index (χ4n) is 5.04. The minimum absolute atomic E-state index is 0.110. The first-order valence-electron chi connectivity index (χ1n) is 12.3. The van der Waals surface area contributed by atoms with Crippen molar-refractivity contribution in [3.05, 3.63) is 89.0 Å². The molecule has 1 saturated carbocycles. The van der Waals surface area contributed by atoms with Crippen LogP contribution in [0.3, 0.4) is 0 Å². The van der Waals surface area contributed by atoms with Crippen LogP contribution in [0, 0.1) is 35.1 Å². The molecule has 0 amide bonds. The molecule has 0 spiro atoms. The predicted molar refractivity (Wildman–Crippen MR) is 131 cm³/mol. The van der Waals surface area contributed by atoms with Gasteiger partial charge in [0.1, 0.15) is 6.10 Å². The maximum atomic E-state index is 14.9. The van der Waals surface area contributed by atoms with E-state index in [-0.39, 0.29) is 28.4 Å². The smallest absolute Gasteiger partial charge is 0.167 e. The van der Waals surface area contributed by atoms with E-state index in [4.69, 9.17) is 4.74 Å². The predicted octanol–water partition coefficient (Wildman–Crippen LogP) is 8.88.